The summed E-state index contributed by atoms with van der Waals surface area (Å²) in [4.78, 5) is 10.7. The third-order valence-corrected chi connectivity index (χ3v) is 2.18. The zero-order valence-corrected chi connectivity index (χ0v) is 9.08. The summed E-state index contributed by atoms with van der Waals surface area (Å²) in [6.07, 6.45) is 0. The highest BCUT2D eigenvalue weighted by molar-refractivity contribution is 5.99. The molecule has 84 valence electrons. The zero-order chi connectivity index (χ0) is 11.9. The van der Waals surface area contributed by atoms with Crippen LogP contribution in [0.2, 0.25) is 0 Å². The number of benzene rings is 2. The Kier molecular flexibility index (Phi) is 3.60. The second kappa shape index (κ2) is 5.55. The van der Waals surface area contributed by atoms with Gasteiger partial charge in [-0.3, -0.25) is 5.43 Å². The highest BCUT2D eigenvalue weighted by Crippen LogP contribution is 2.07. The van der Waals surface area contributed by atoms with Crippen LogP contribution in [0.5, 0.6) is 0 Å². The van der Waals surface area contributed by atoms with Gasteiger partial charge in [0.05, 0.1) is 5.69 Å². The van der Waals surface area contributed by atoms with E-state index in [1.165, 1.54) is 0 Å². The maximum atomic E-state index is 10.7. The van der Waals surface area contributed by atoms with Crippen molar-refractivity contribution in [1.29, 1.82) is 0 Å². The normalized spacial score (nSPS) is 10.9. The van der Waals surface area contributed by atoms with Gasteiger partial charge in [0.25, 0.3) is 0 Å². The van der Waals surface area contributed by atoms with Gasteiger partial charge in [-0.05, 0) is 17.3 Å². The fourth-order valence-electron chi connectivity index (χ4n) is 1.36. The van der Waals surface area contributed by atoms with Crippen molar-refractivity contribution in [3.63, 3.8) is 0 Å². The van der Waals surface area contributed by atoms with Crippen LogP contribution in [0.15, 0.2) is 70.9 Å². The first-order valence-electron chi connectivity index (χ1n) is 5.17. The largest absolute Gasteiger partial charge is 0.276 e. The van der Waals surface area contributed by atoms with Crippen molar-refractivity contribution >= 4 is 11.5 Å². The Morgan fingerprint density at radius 1 is 0.882 bits per heavy atom. The average molecular weight is 225 g/mol. The van der Waals surface area contributed by atoms with Crippen LogP contribution < -0.4 is 5.43 Å². The van der Waals surface area contributed by atoms with Crippen molar-refractivity contribution in [2.24, 2.45) is 10.3 Å². The summed E-state index contributed by atoms with van der Waals surface area (Å²) in [5, 5.41) is 6.88. The third-order valence-electron chi connectivity index (χ3n) is 2.18. The van der Waals surface area contributed by atoms with Crippen molar-refractivity contribution in [2.75, 3.05) is 5.43 Å². The molecule has 0 atom stereocenters. The van der Waals surface area contributed by atoms with E-state index in [1.807, 2.05) is 48.5 Å². The van der Waals surface area contributed by atoms with Crippen LogP contribution in [-0.2, 0) is 0 Å². The number of anilines is 1. The van der Waals surface area contributed by atoms with E-state index in [0.29, 0.717) is 5.56 Å². The number of hydrazone groups is 1. The predicted octanol–water partition coefficient (Wildman–Crippen LogP) is 3.23. The second-order valence-electron chi connectivity index (χ2n) is 3.37. The smallest absolute Gasteiger partial charge is 0.222 e. The van der Waals surface area contributed by atoms with Gasteiger partial charge in [-0.1, -0.05) is 48.5 Å². The van der Waals surface area contributed by atoms with Gasteiger partial charge in [-0.25, -0.2) is 0 Å². The molecule has 0 aliphatic heterocycles. The highest BCUT2D eigenvalue weighted by Gasteiger charge is 2.01. The lowest BCUT2D eigenvalue weighted by Gasteiger charge is -2.00. The van der Waals surface area contributed by atoms with E-state index in [0.717, 1.165) is 5.69 Å². The molecular weight excluding hydrogens is 214 g/mol. The Labute approximate surface area is 99.0 Å². The van der Waals surface area contributed by atoms with Gasteiger partial charge < -0.3 is 0 Å². The molecule has 0 amide bonds. The quantitative estimate of drug-likeness (QED) is 0.377. The molecule has 0 saturated carbocycles. The molecule has 0 spiro atoms. The molecule has 0 saturated heterocycles. The molecule has 1 N–H and O–H groups in total. The van der Waals surface area contributed by atoms with E-state index in [2.05, 4.69) is 15.7 Å². The average Bonchev–Trinajstić information content (AvgIpc) is 2.42. The van der Waals surface area contributed by atoms with E-state index in [1.54, 1.807) is 12.1 Å². The zero-order valence-electron chi connectivity index (χ0n) is 9.08. The van der Waals surface area contributed by atoms with Crippen LogP contribution in [0.3, 0.4) is 0 Å². The fraction of sp³-hybridized carbons (Fsp3) is 0. The molecule has 0 radical (unpaired) electrons. The molecule has 17 heavy (non-hydrogen) atoms. The molecular formula is C13H11N3O. The van der Waals surface area contributed by atoms with Crippen molar-refractivity contribution in [2.45, 2.75) is 0 Å². The van der Waals surface area contributed by atoms with Crippen LogP contribution in [0, 0.1) is 4.91 Å². The minimum atomic E-state index is 0.134. The SMILES string of the molecule is O=NC(=NNc1ccccc1)c1ccccc1. The predicted molar refractivity (Wildman–Crippen MR) is 68.8 cm³/mol. The maximum absolute atomic E-state index is 10.7. The second-order valence-corrected chi connectivity index (χ2v) is 3.37. The Morgan fingerprint density at radius 3 is 2.06 bits per heavy atom. The number of hydrogen-bond acceptors (Lipinski definition) is 3. The summed E-state index contributed by atoms with van der Waals surface area (Å²) >= 11 is 0. The number of nitrogens with zero attached hydrogens (tertiary/aromatic N) is 2. The summed E-state index contributed by atoms with van der Waals surface area (Å²) in [5.41, 5.74) is 4.28. The first-order valence-corrected chi connectivity index (χ1v) is 5.17. The summed E-state index contributed by atoms with van der Waals surface area (Å²) in [7, 11) is 0. The van der Waals surface area contributed by atoms with Crippen LogP contribution in [0.25, 0.3) is 0 Å². The lowest BCUT2D eigenvalue weighted by molar-refractivity contribution is 1.30. The van der Waals surface area contributed by atoms with Gasteiger partial charge in [0, 0.05) is 5.56 Å². The molecule has 0 aromatic heterocycles. The summed E-state index contributed by atoms with van der Waals surface area (Å²) in [6.45, 7) is 0. The van der Waals surface area contributed by atoms with E-state index < -0.39 is 0 Å². The summed E-state index contributed by atoms with van der Waals surface area (Å²) < 4.78 is 0. The van der Waals surface area contributed by atoms with Crippen molar-refractivity contribution in [3.05, 3.63) is 71.1 Å². The van der Waals surface area contributed by atoms with Gasteiger partial charge >= 0.3 is 0 Å². The minimum Gasteiger partial charge on any atom is -0.276 e. The molecule has 2 aromatic rings. The number of nitrogens with one attached hydrogen (secondary N) is 1. The molecule has 0 aliphatic rings. The molecule has 4 nitrogen and oxygen atoms in total. The topological polar surface area (TPSA) is 53.8 Å². The molecule has 2 aromatic carbocycles. The number of nitroso groups, excluding NO2 is 1. The Balaban J connectivity index is 2.17. The van der Waals surface area contributed by atoms with Gasteiger partial charge in [0.1, 0.15) is 0 Å². The molecule has 0 bridgehead atoms. The van der Waals surface area contributed by atoms with Gasteiger partial charge in [0.2, 0.25) is 5.84 Å². The van der Waals surface area contributed by atoms with E-state index >= 15 is 0 Å². The molecule has 2 rings (SSSR count). The summed E-state index contributed by atoms with van der Waals surface area (Å²) in [6, 6.07) is 18.5. The Hall–Kier alpha value is -2.49. The number of hydrogen-bond donors (Lipinski definition) is 1. The van der Waals surface area contributed by atoms with Crippen LogP contribution in [0.1, 0.15) is 5.56 Å². The van der Waals surface area contributed by atoms with Gasteiger partial charge in [-0.15, -0.1) is 4.91 Å². The van der Waals surface area contributed by atoms with E-state index in [-0.39, 0.29) is 5.84 Å². The molecule has 0 fully saturated rings. The lowest BCUT2D eigenvalue weighted by Crippen LogP contribution is -2.00. The van der Waals surface area contributed by atoms with E-state index in [9.17, 15) is 4.91 Å². The molecule has 0 aliphatic carbocycles. The summed E-state index contributed by atoms with van der Waals surface area (Å²) in [5.74, 6) is 0.134. The first kappa shape index (κ1) is 11.0. The van der Waals surface area contributed by atoms with Crippen LogP contribution in [0.4, 0.5) is 5.69 Å². The Morgan fingerprint density at radius 2 is 1.47 bits per heavy atom. The van der Waals surface area contributed by atoms with Crippen molar-refractivity contribution in [1.82, 2.24) is 0 Å². The Bertz CT molecular complexity index is 509. The van der Waals surface area contributed by atoms with Crippen LogP contribution in [-0.4, -0.2) is 5.84 Å². The number of rotatable bonds is 3. The first-order chi connectivity index (χ1) is 8.40. The fourth-order valence-corrected chi connectivity index (χ4v) is 1.36. The standard InChI is InChI=1S/C13H11N3O/c17-16-13(11-7-3-1-4-8-11)15-14-12-9-5-2-6-10-12/h1-10,14H. The molecule has 4 heteroatoms. The van der Waals surface area contributed by atoms with Gasteiger partial charge in [-0.2, -0.15) is 5.10 Å². The molecule has 0 heterocycles. The monoisotopic (exact) mass is 225 g/mol. The number of amidine groups is 1. The van der Waals surface area contributed by atoms with Gasteiger partial charge in [0.15, 0.2) is 0 Å². The molecule has 0 unspecified atom stereocenters. The van der Waals surface area contributed by atoms with Crippen molar-refractivity contribution < 1.29 is 0 Å². The van der Waals surface area contributed by atoms with E-state index in [4.69, 9.17) is 0 Å². The number of para-hydroxylation sites is 1. The van der Waals surface area contributed by atoms with Crippen LogP contribution >= 0.6 is 0 Å². The lowest BCUT2D eigenvalue weighted by atomic mass is 10.2. The third kappa shape index (κ3) is 2.98. The van der Waals surface area contributed by atoms with Crippen molar-refractivity contribution in [3.8, 4) is 0 Å². The highest BCUT2D eigenvalue weighted by atomic mass is 16.3. The minimum absolute atomic E-state index is 0.134. The maximum Gasteiger partial charge on any atom is 0.222 e.